The molecule has 2 rings (SSSR count). The molecule has 0 N–H and O–H groups in total. The summed E-state index contributed by atoms with van der Waals surface area (Å²) >= 11 is 3.39. The first kappa shape index (κ1) is 7.87. The van der Waals surface area contributed by atoms with Gasteiger partial charge in [-0.15, -0.1) is 0 Å². The van der Waals surface area contributed by atoms with Crippen molar-refractivity contribution in [3.8, 4) is 0 Å². The van der Waals surface area contributed by atoms with Crippen LogP contribution >= 0.6 is 15.9 Å². The first-order chi connectivity index (χ1) is 5.68. The van der Waals surface area contributed by atoms with Gasteiger partial charge in [-0.3, -0.25) is 0 Å². The SMILES string of the molecule is [CH2]c1oc2cc(Br)ccc2c1C. The van der Waals surface area contributed by atoms with Crippen LogP contribution in [0, 0.1) is 13.8 Å². The number of furan rings is 1. The van der Waals surface area contributed by atoms with Crippen molar-refractivity contribution in [2.75, 3.05) is 0 Å². The quantitative estimate of drug-likeness (QED) is 0.665. The lowest BCUT2D eigenvalue weighted by atomic mass is 10.2. The average molecular weight is 224 g/mol. The smallest absolute Gasteiger partial charge is 0.135 e. The first-order valence-corrected chi connectivity index (χ1v) is 4.48. The van der Waals surface area contributed by atoms with Crippen LogP contribution in [0.15, 0.2) is 27.1 Å². The van der Waals surface area contributed by atoms with Crippen molar-refractivity contribution in [3.63, 3.8) is 0 Å². The monoisotopic (exact) mass is 223 g/mol. The van der Waals surface area contributed by atoms with Crippen molar-refractivity contribution in [1.29, 1.82) is 0 Å². The van der Waals surface area contributed by atoms with Gasteiger partial charge in [-0.25, -0.2) is 0 Å². The summed E-state index contributed by atoms with van der Waals surface area (Å²) in [5.74, 6) is 0.753. The molecule has 1 aromatic carbocycles. The molecule has 1 radical (unpaired) electrons. The molecule has 0 aliphatic carbocycles. The number of fused-ring (bicyclic) bond motifs is 1. The zero-order chi connectivity index (χ0) is 8.72. The summed E-state index contributed by atoms with van der Waals surface area (Å²) in [5.41, 5.74) is 2.02. The molecule has 0 aliphatic heterocycles. The molecule has 2 heteroatoms. The number of benzene rings is 1. The predicted octanol–water partition coefficient (Wildman–Crippen LogP) is 3.69. The standard InChI is InChI=1S/C10H8BrO/c1-6-7(2)12-10-5-8(11)3-4-9(6)10/h3-5H,2H2,1H3. The molecule has 0 amide bonds. The Morgan fingerprint density at radius 3 is 2.92 bits per heavy atom. The van der Waals surface area contributed by atoms with Crippen LogP contribution in [0.5, 0.6) is 0 Å². The van der Waals surface area contributed by atoms with Gasteiger partial charge >= 0.3 is 0 Å². The summed E-state index contributed by atoms with van der Waals surface area (Å²) in [6.45, 7) is 5.82. The van der Waals surface area contributed by atoms with Gasteiger partial charge < -0.3 is 4.42 Å². The van der Waals surface area contributed by atoms with Crippen molar-refractivity contribution in [1.82, 2.24) is 0 Å². The van der Waals surface area contributed by atoms with E-state index in [1.807, 2.05) is 25.1 Å². The Balaban J connectivity index is 2.87. The van der Waals surface area contributed by atoms with Crippen LogP contribution in [0.2, 0.25) is 0 Å². The maximum atomic E-state index is 5.44. The Hall–Kier alpha value is -0.760. The van der Waals surface area contributed by atoms with Crippen LogP contribution in [-0.4, -0.2) is 0 Å². The molecule has 0 aliphatic rings. The van der Waals surface area contributed by atoms with Crippen molar-refractivity contribution in [3.05, 3.63) is 40.9 Å². The zero-order valence-electron chi connectivity index (χ0n) is 6.73. The minimum atomic E-state index is 0.753. The highest BCUT2D eigenvalue weighted by Crippen LogP contribution is 2.26. The molecule has 61 valence electrons. The fraction of sp³-hybridized carbons (Fsp3) is 0.100. The molecule has 0 spiro atoms. The van der Waals surface area contributed by atoms with Crippen LogP contribution in [0.25, 0.3) is 11.0 Å². The van der Waals surface area contributed by atoms with E-state index in [-0.39, 0.29) is 0 Å². The highest BCUT2D eigenvalue weighted by Gasteiger charge is 2.05. The summed E-state index contributed by atoms with van der Waals surface area (Å²) in [5, 5.41) is 1.14. The minimum absolute atomic E-state index is 0.753. The summed E-state index contributed by atoms with van der Waals surface area (Å²) in [6, 6.07) is 5.99. The van der Waals surface area contributed by atoms with E-state index in [0.29, 0.717) is 0 Å². The van der Waals surface area contributed by atoms with Crippen LogP contribution in [0.3, 0.4) is 0 Å². The maximum absolute atomic E-state index is 5.44. The Morgan fingerprint density at radius 1 is 1.42 bits per heavy atom. The number of hydrogen-bond acceptors (Lipinski definition) is 1. The fourth-order valence-electron chi connectivity index (χ4n) is 1.25. The third-order valence-electron chi connectivity index (χ3n) is 2.00. The molecule has 1 aromatic heterocycles. The van der Waals surface area contributed by atoms with E-state index in [2.05, 4.69) is 22.9 Å². The first-order valence-electron chi connectivity index (χ1n) is 3.69. The lowest BCUT2D eigenvalue weighted by molar-refractivity contribution is 0.591. The van der Waals surface area contributed by atoms with Gasteiger partial charge in [0.25, 0.3) is 0 Å². The third-order valence-corrected chi connectivity index (χ3v) is 2.49. The second kappa shape index (κ2) is 2.63. The molecular weight excluding hydrogens is 216 g/mol. The largest absolute Gasteiger partial charge is 0.461 e. The second-order valence-electron chi connectivity index (χ2n) is 2.79. The van der Waals surface area contributed by atoms with Crippen molar-refractivity contribution < 1.29 is 4.42 Å². The highest BCUT2D eigenvalue weighted by atomic mass is 79.9. The van der Waals surface area contributed by atoms with Crippen molar-refractivity contribution >= 4 is 26.9 Å². The molecular formula is C10H8BrO. The fourth-order valence-corrected chi connectivity index (χ4v) is 1.59. The van der Waals surface area contributed by atoms with Gasteiger partial charge in [-0.2, -0.15) is 0 Å². The van der Waals surface area contributed by atoms with Gasteiger partial charge in [0.2, 0.25) is 0 Å². The number of hydrogen-bond donors (Lipinski definition) is 0. The van der Waals surface area contributed by atoms with Crippen LogP contribution in [0.1, 0.15) is 11.3 Å². The molecule has 0 saturated heterocycles. The Bertz CT molecular complexity index is 429. The number of aryl methyl sites for hydroxylation is 1. The van der Waals surface area contributed by atoms with Gasteiger partial charge in [0.05, 0.1) is 0 Å². The second-order valence-corrected chi connectivity index (χ2v) is 3.71. The van der Waals surface area contributed by atoms with Gasteiger partial charge in [0, 0.05) is 16.8 Å². The number of halogens is 1. The van der Waals surface area contributed by atoms with E-state index >= 15 is 0 Å². The van der Waals surface area contributed by atoms with E-state index in [1.54, 1.807) is 0 Å². The molecule has 0 unspecified atom stereocenters. The Labute approximate surface area is 79.5 Å². The Kier molecular flexibility index (Phi) is 1.72. The van der Waals surface area contributed by atoms with Crippen LogP contribution in [-0.2, 0) is 0 Å². The van der Waals surface area contributed by atoms with Gasteiger partial charge in [-0.05, 0) is 30.7 Å². The van der Waals surface area contributed by atoms with Crippen molar-refractivity contribution in [2.24, 2.45) is 0 Å². The maximum Gasteiger partial charge on any atom is 0.135 e. The Morgan fingerprint density at radius 2 is 2.17 bits per heavy atom. The summed E-state index contributed by atoms with van der Waals surface area (Å²) in [7, 11) is 0. The molecule has 1 heterocycles. The molecule has 0 fully saturated rings. The van der Waals surface area contributed by atoms with Crippen molar-refractivity contribution in [2.45, 2.75) is 6.92 Å². The summed E-state index contributed by atoms with van der Waals surface area (Å²) < 4.78 is 6.47. The molecule has 2 aromatic rings. The summed E-state index contributed by atoms with van der Waals surface area (Å²) in [6.07, 6.45) is 0. The molecule has 1 nitrogen and oxygen atoms in total. The van der Waals surface area contributed by atoms with Gasteiger partial charge in [0.1, 0.15) is 11.3 Å². The molecule has 0 bridgehead atoms. The van der Waals surface area contributed by atoms with Gasteiger partial charge in [0.15, 0.2) is 0 Å². The van der Waals surface area contributed by atoms with E-state index < -0.39 is 0 Å². The highest BCUT2D eigenvalue weighted by molar-refractivity contribution is 9.10. The predicted molar refractivity (Wildman–Crippen MR) is 53.1 cm³/mol. The summed E-state index contributed by atoms with van der Waals surface area (Å²) in [4.78, 5) is 0. The third kappa shape index (κ3) is 1.07. The minimum Gasteiger partial charge on any atom is -0.461 e. The van der Waals surface area contributed by atoms with E-state index in [1.165, 1.54) is 0 Å². The van der Waals surface area contributed by atoms with E-state index in [4.69, 9.17) is 4.42 Å². The molecule has 0 atom stereocenters. The lowest BCUT2D eigenvalue weighted by Crippen LogP contribution is -1.69. The van der Waals surface area contributed by atoms with Crippen LogP contribution in [0.4, 0.5) is 0 Å². The zero-order valence-corrected chi connectivity index (χ0v) is 8.31. The normalized spacial score (nSPS) is 10.9. The van der Waals surface area contributed by atoms with Gasteiger partial charge in [-0.1, -0.05) is 15.9 Å². The molecule has 12 heavy (non-hydrogen) atoms. The topological polar surface area (TPSA) is 13.1 Å². The average Bonchev–Trinajstić information content (AvgIpc) is 2.28. The number of rotatable bonds is 0. The molecule has 0 saturated carbocycles. The van der Waals surface area contributed by atoms with E-state index in [9.17, 15) is 0 Å². The van der Waals surface area contributed by atoms with E-state index in [0.717, 1.165) is 26.8 Å². The van der Waals surface area contributed by atoms with Crippen LogP contribution < -0.4 is 0 Å². The lowest BCUT2D eigenvalue weighted by Gasteiger charge is -1.89.